The zero-order valence-electron chi connectivity index (χ0n) is 11.5. The van der Waals surface area contributed by atoms with Gasteiger partial charge in [-0.1, -0.05) is 34.6 Å². The second-order valence-corrected chi connectivity index (χ2v) is 5.13. The molecule has 1 N–H and O–H groups in total. The van der Waals surface area contributed by atoms with Crippen LogP contribution in [0, 0.1) is 6.92 Å². The topological polar surface area (TPSA) is 81.7 Å². The molecule has 1 saturated heterocycles. The highest BCUT2D eigenvalue weighted by atomic mass is 16.5. The lowest BCUT2D eigenvalue weighted by Crippen LogP contribution is -2.43. The predicted molar refractivity (Wildman–Crippen MR) is 75.4 cm³/mol. The van der Waals surface area contributed by atoms with Crippen LogP contribution < -0.4 is 5.32 Å². The third kappa shape index (κ3) is 2.11. The predicted octanol–water partition coefficient (Wildman–Crippen LogP) is 1.45. The molecule has 1 aliphatic rings. The molecule has 0 atom stereocenters. The van der Waals surface area contributed by atoms with Gasteiger partial charge < -0.3 is 9.84 Å². The molecule has 1 aliphatic heterocycles. The van der Waals surface area contributed by atoms with E-state index in [4.69, 9.17) is 4.52 Å². The molecule has 3 aromatic rings. The van der Waals surface area contributed by atoms with E-state index >= 15 is 0 Å². The van der Waals surface area contributed by atoms with Crippen molar-refractivity contribution in [2.24, 2.45) is 0 Å². The number of aryl methyl sites for hydroxylation is 1. The number of rotatable bonds is 3. The van der Waals surface area contributed by atoms with Gasteiger partial charge in [0.15, 0.2) is 5.69 Å². The van der Waals surface area contributed by atoms with Crippen LogP contribution in [0.15, 0.2) is 35.0 Å². The van der Waals surface area contributed by atoms with Crippen LogP contribution >= 0.6 is 0 Å². The highest BCUT2D eigenvalue weighted by molar-refractivity contribution is 5.61. The molecule has 0 radical (unpaired) electrons. The summed E-state index contributed by atoms with van der Waals surface area (Å²) in [6, 6.07) is 8.30. The lowest BCUT2D eigenvalue weighted by molar-refractivity contribution is 0.313. The fraction of sp³-hybridized carbons (Fsp3) is 0.286. The molecule has 1 aromatic carbocycles. The Balaban J connectivity index is 1.65. The van der Waals surface area contributed by atoms with E-state index in [1.807, 2.05) is 42.1 Å². The summed E-state index contributed by atoms with van der Waals surface area (Å²) in [6.07, 6.45) is 1.85. The molecule has 0 aliphatic carbocycles. The SMILES string of the molecule is Cc1ccccc1-c1noc(-c2cn(C3CNC3)nn2)n1. The first-order valence-electron chi connectivity index (χ1n) is 6.84. The zero-order chi connectivity index (χ0) is 14.2. The van der Waals surface area contributed by atoms with Crippen LogP contribution in [-0.4, -0.2) is 38.2 Å². The lowest BCUT2D eigenvalue weighted by atomic mass is 10.1. The fourth-order valence-corrected chi connectivity index (χ4v) is 2.27. The molecule has 2 aromatic heterocycles. The van der Waals surface area contributed by atoms with Crippen LogP contribution in [0.25, 0.3) is 23.0 Å². The van der Waals surface area contributed by atoms with Crippen LogP contribution in [-0.2, 0) is 0 Å². The number of nitrogens with one attached hydrogen (secondary N) is 1. The van der Waals surface area contributed by atoms with Gasteiger partial charge >= 0.3 is 0 Å². The molecular weight excluding hydrogens is 268 g/mol. The van der Waals surface area contributed by atoms with Crippen LogP contribution in [0.5, 0.6) is 0 Å². The number of aromatic nitrogens is 5. The maximum absolute atomic E-state index is 5.31. The van der Waals surface area contributed by atoms with Gasteiger partial charge in [0.25, 0.3) is 5.89 Å². The van der Waals surface area contributed by atoms with Gasteiger partial charge in [0.05, 0.1) is 12.2 Å². The Labute approximate surface area is 121 Å². The van der Waals surface area contributed by atoms with Gasteiger partial charge in [-0.05, 0) is 12.5 Å². The Morgan fingerprint density at radius 3 is 2.90 bits per heavy atom. The summed E-state index contributed by atoms with van der Waals surface area (Å²) in [6.45, 7) is 3.85. The van der Waals surface area contributed by atoms with E-state index in [1.165, 1.54) is 0 Å². The molecule has 1 fully saturated rings. The molecule has 106 valence electrons. The Morgan fingerprint density at radius 1 is 1.29 bits per heavy atom. The molecule has 7 heteroatoms. The van der Waals surface area contributed by atoms with Crippen molar-refractivity contribution in [2.45, 2.75) is 13.0 Å². The Bertz CT molecular complexity index is 773. The maximum atomic E-state index is 5.31. The molecule has 0 saturated carbocycles. The van der Waals surface area contributed by atoms with Gasteiger partial charge in [0, 0.05) is 18.7 Å². The summed E-state index contributed by atoms with van der Waals surface area (Å²) < 4.78 is 7.15. The Morgan fingerprint density at radius 2 is 2.14 bits per heavy atom. The standard InChI is InChI=1S/C14H14N6O/c1-9-4-2-3-5-11(9)13-16-14(21-18-13)12-8-20(19-17-12)10-6-15-7-10/h2-5,8,10,15H,6-7H2,1H3. The summed E-state index contributed by atoms with van der Waals surface area (Å²) in [5, 5.41) is 15.5. The molecule has 3 heterocycles. The van der Waals surface area contributed by atoms with E-state index in [-0.39, 0.29) is 0 Å². The lowest BCUT2D eigenvalue weighted by Gasteiger charge is -2.26. The van der Waals surface area contributed by atoms with Gasteiger partial charge in [-0.25, -0.2) is 4.68 Å². The normalized spacial score (nSPS) is 15.1. The molecule has 21 heavy (non-hydrogen) atoms. The maximum Gasteiger partial charge on any atom is 0.280 e. The summed E-state index contributed by atoms with van der Waals surface area (Å²) in [5.41, 5.74) is 2.67. The van der Waals surface area contributed by atoms with Crippen molar-refractivity contribution in [1.29, 1.82) is 0 Å². The molecule has 4 rings (SSSR count). The fourth-order valence-electron chi connectivity index (χ4n) is 2.27. The second kappa shape index (κ2) is 4.78. The monoisotopic (exact) mass is 282 g/mol. The molecule has 0 spiro atoms. The van der Waals surface area contributed by atoms with Crippen molar-refractivity contribution in [3.8, 4) is 23.0 Å². The number of hydrogen-bond acceptors (Lipinski definition) is 6. The minimum absolute atomic E-state index is 0.366. The van der Waals surface area contributed by atoms with Crippen LogP contribution in [0.2, 0.25) is 0 Å². The summed E-state index contributed by atoms with van der Waals surface area (Å²) in [7, 11) is 0. The van der Waals surface area contributed by atoms with Crippen LogP contribution in [0.3, 0.4) is 0 Å². The van der Waals surface area contributed by atoms with E-state index < -0.39 is 0 Å². The minimum Gasteiger partial charge on any atom is -0.332 e. The molecule has 7 nitrogen and oxygen atoms in total. The Hall–Kier alpha value is -2.54. The highest BCUT2D eigenvalue weighted by Gasteiger charge is 2.22. The van der Waals surface area contributed by atoms with Crippen LogP contribution in [0.4, 0.5) is 0 Å². The first-order chi connectivity index (χ1) is 10.3. The van der Waals surface area contributed by atoms with E-state index in [2.05, 4.69) is 25.8 Å². The number of nitrogens with zero attached hydrogens (tertiary/aromatic N) is 5. The van der Waals surface area contributed by atoms with E-state index in [0.717, 1.165) is 24.2 Å². The second-order valence-electron chi connectivity index (χ2n) is 5.13. The Kier molecular flexibility index (Phi) is 2.78. The summed E-state index contributed by atoms with van der Waals surface area (Å²) in [5.74, 6) is 0.967. The smallest absolute Gasteiger partial charge is 0.280 e. The molecule has 0 unspecified atom stereocenters. The molecular formula is C14H14N6O. The van der Waals surface area contributed by atoms with E-state index in [1.54, 1.807) is 0 Å². The van der Waals surface area contributed by atoms with Gasteiger partial charge in [0.2, 0.25) is 5.82 Å². The molecule has 0 bridgehead atoms. The third-order valence-corrected chi connectivity index (χ3v) is 3.68. The van der Waals surface area contributed by atoms with Gasteiger partial charge in [-0.2, -0.15) is 4.98 Å². The van der Waals surface area contributed by atoms with Gasteiger partial charge in [0.1, 0.15) is 0 Å². The van der Waals surface area contributed by atoms with Crippen LogP contribution in [0.1, 0.15) is 11.6 Å². The summed E-state index contributed by atoms with van der Waals surface area (Å²) in [4.78, 5) is 4.42. The summed E-state index contributed by atoms with van der Waals surface area (Å²) >= 11 is 0. The van der Waals surface area contributed by atoms with Crippen molar-refractivity contribution in [2.75, 3.05) is 13.1 Å². The van der Waals surface area contributed by atoms with Crippen molar-refractivity contribution in [3.05, 3.63) is 36.0 Å². The minimum atomic E-state index is 0.366. The van der Waals surface area contributed by atoms with E-state index in [0.29, 0.717) is 23.5 Å². The number of hydrogen-bond donors (Lipinski definition) is 1. The average Bonchev–Trinajstić information content (AvgIpc) is 3.06. The van der Waals surface area contributed by atoms with Gasteiger partial charge in [-0.3, -0.25) is 0 Å². The first kappa shape index (κ1) is 12.2. The quantitative estimate of drug-likeness (QED) is 0.783. The highest BCUT2D eigenvalue weighted by Crippen LogP contribution is 2.23. The van der Waals surface area contributed by atoms with E-state index in [9.17, 15) is 0 Å². The largest absolute Gasteiger partial charge is 0.332 e. The van der Waals surface area contributed by atoms with Crippen molar-refractivity contribution in [1.82, 2.24) is 30.5 Å². The van der Waals surface area contributed by atoms with Crippen molar-refractivity contribution >= 4 is 0 Å². The first-order valence-corrected chi connectivity index (χ1v) is 6.84. The third-order valence-electron chi connectivity index (χ3n) is 3.68. The molecule has 0 amide bonds. The number of benzene rings is 1. The average molecular weight is 282 g/mol. The zero-order valence-corrected chi connectivity index (χ0v) is 11.5. The van der Waals surface area contributed by atoms with Crippen molar-refractivity contribution in [3.63, 3.8) is 0 Å². The van der Waals surface area contributed by atoms with Crippen molar-refractivity contribution < 1.29 is 4.52 Å². The van der Waals surface area contributed by atoms with Gasteiger partial charge in [-0.15, -0.1) is 5.10 Å².